The van der Waals surface area contributed by atoms with E-state index < -0.39 is 0 Å². The van der Waals surface area contributed by atoms with Crippen molar-refractivity contribution in [2.45, 2.75) is 13.5 Å². The van der Waals surface area contributed by atoms with E-state index in [4.69, 9.17) is 5.73 Å². The first-order chi connectivity index (χ1) is 8.15. The molecular weight excluding hydrogens is 212 g/mol. The van der Waals surface area contributed by atoms with Gasteiger partial charge in [-0.1, -0.05) is 12.1 Å². The summed E-state index contributed by atoms with van der Waals surface area (Å²) in [7, 11) is 0. The molecule has 0 saturated carbocycles. The summed E-state index contributed by atoms with van der Waals surface area (Å²) in [5, 5.41) is 12.6. The van der Waals surface area contributed by atoms with Gasteiger partial charge in [-0.2, -0.15) is 0 Å². The molecule has 0 spiro atoms. The maximum atomic E-state index is 9.35. The predicted molar refractivity (Wildman–Crippen MR) is 71.0 cm³/mol. The first kappa shape index (κ1) is 11.3. The van der Waals surface area contributed by atoms with E-state index in [-0.39, 0.29) is 5.75 Å². The number of phenols is 1. The van der Waals surface area contributed by atoms with Crippen LogP contribution in [0.5, 0.6) is 5.75 Å². The Kier molecular flexibility index (Phi) is 3.19. The first-order valence-corrected chi connectivity index (χ1v) is 5.53. The third kappa shape index (κ3) is 2.91. The minimum Gasteiger partial charge on any atom is -0.508 e. The topological polar surface area (TPSA) is 58.3 Å². The van der Waals surface area contributed by atoms with Gasteiger partial charge in [-0.15, -0.1) is 0 Å². The zero-order valence-corrected chi connectivity index (χ0v) is 9.77. The van der Waals surface area contributed by atoms with Gasteiger partial charge in [-0.3, -0.25) is 0 Å². The Bertz CT molecular complexity index is 523. The molecule has 4 N–H and O–H groups in total. The summed E-state index contributed by atoms with van der Waals surface area (Å²) >= 11 is 0. The van der Waals surface area contributed by atoms with Crippen LogP contribution >= 0.6 is 0 Å². The van der Waals surface area contributed by atoms with Crippen molar-refractivity contribution < 1.29 is 5.11 Å². The molecule has 0 bridgehead atoms. The highest BCUT2D eigenvalue weighted by atomic mass is 16.3. The molecule has 0 unspecified atom stereocenters. The zero-order chi connectivity index (χ0) is 12.3. The molecule has 0 aromatic heterocycles. The van der Waals surface area contributed by atoms with Gasteiger partial charge >= 0.3 is 0 Å². The highest BCUT2D eigenvalue weighted by Gasteiger charge is 1.98. The van der Waals surface area contributed by atoms with Gasteiger partial charge in [0.15, 0.2) is 0 Å². The molecule has 3 nitrogen and oxygen atoms in total. The SMILES string of the molecule is Cc1cc(NCc2cccc(O)c2)ccc1N. The number of anilines is 2. The standard InChI is InChI=1S/C14H16N2O/c1-10-7-12(5-6-14(10)15)16-9-11-3-2-4-13(17)8-11/h2-8,16-17H,9,15H2,1H3. The lowest BCUT2D eigenvalue weighted by molar-refractivity contribution is 0.474. The van der Waals surface area contributed by atoms with E-state index in [2.05, 4.69) is 5.32 Å². The van der Waals surface area contributed by atoms with Gasteiger partial charge < -0.3 is 16.2 Å². The summed E-state index contributed by atoms with van der Waals surface area (Å²) in [4.78, 5) is 0. The molecule has 0 heterocycles. The van der Waals surface area contributed by atoms with Gasteiger partial charge in [-0.05, 0) is 48.4 Å². The van der Waals surface area contributed by atoms with Crippen molar-refractivity contribution in [3.63, 3.8) is 0 Å². The summed E-state index contributed by atoms with van der Waals surface area (Å²) < 4.78 is 0. The monoisotopic (exact) mass is 228 g/mol. The van der Waals surface area contributed by atoms with Crippen LogP contribution in [0.1, 0.15) is 11.1 Å². The van der Waals surface area contributed by atoms with Crippen LogP contribution in [-0.4, -0.2) is 5.11 Å². The highest BCUT2D eigenvalue weighted by Crippen LogP contribution is 2.18. The second-order valence-corrected chi connectivity index (χ2v) is 4.09. The Labute approximate surface area is 101 Å². The molecule has 0 atom stereocenters. The second-order valence-electron chi connectivity index (χ2n) is 4.09. The fraction of sp³-hybridized carbons (Fsp3) is 0.143. The van der Waals surface area contributed by atoms with Crippen molar-refractivity contribution in [1.82, 2.24) is 0 Å². The average Bonchev–Trinajstić information content (AvgIpc) is 2.31. The van der Waals surface area contributed by atoms with Crippen LogP contribution in [0.25, 0.3) is 0 Å². The Balaban J connectivity index is 2.05. The maximum Gasteiger partial charge on any atom is 0.115 e. The average molecular weight is 228 g/mol. The van der Waals surface area contributed by atoms with Gasteiger partial charge in [0.25, 0.3) is 0 Å². The number of nitrogens with two attached hydrogens (primary N) is 1. The normalized spacial score (nSPS) is 10.2. The van der Waals surface area contributed by atoms with Crippen LogP contribution in [-0.2, 0) is 6.54 Å². The third-order valence-electron chi connectivity index (χ3n) is 2.68. The summed E-state index contributed by atoms with van der Waals surface area (Å²) in [6.07, 6.45) is 0. The fourth-order valence-electron chi connectivity index (χ4n) is 1.66. The van der Waals surface area contributed by atoms with E-state index in [1.807, 2.05) is 37.3 Å². The fourth-order valence-corrected chi connectivity index (χ4v) is 1.66. The van der Waals surface area contributed by atoms with E-state index >= 15 is 0 Å². The van der Waals surface area contributed by atoms with Crippen molar-refractivity contribution in [3.8, 4) is 5.75 Å². The molecule has 0 aliphatic carbocycles. The zero-order valence-electron chi connectivity index (χ0n) is 9.77. The van der Waals surface area contributed by atoms with Crippen LogP contribution in [0.2, 0.25) is 0 Å². The van der Waals surface area contributed by atoms with Crippen LogP contribution < -0.4 is 11.1 Å². The minimum atomic E-state index is 0.290. The van der Waals surface area contributed by atoms with Crippen LogP contribution in [0, 0.1) is 6.92 Å². The van der Waals surface area contributed by atoms with Gasteiger partial charge in [0, 0.05) is 17.9 Å². The lowest BCUT2D eigenvalue weighted by atomic mass is 10.1. The van der Waals surface area contributed by atoms with Crippen molar-refractivity contribution in [3.05, 3.63) is 53.6 Å². The van der Waals surface area contributed by atoms with Crippen LogP contribution in [0.3, 0.4) is 0 Å². The molecular formula is C14H16N2O. The Morgan fingerprint density at radius 2 is 2.00 bits per heavy atom. The Morgan fingerprint density at radius 1 is 1.18 bits per heavy atom. The van der Waals surface area contributed by atoms with E-state index in [0.29, 0.717) is 6.54 Å². The molecule has 2 aromatic carbocycles. The predicted octanol–water partition coefficient (Wildman–Crippen LogP) is 2.89. The van der Waals surface area contributed by atoms with Crippen molar-refractivity contribution >= 4 is 11.4 Å². The van der Waals surface area contributed by atoms with Crippen molar-refractivity contribution in [2.75, 3.05) is 11.1 Å². The summed E-state index contributed by atoms with van der Waals surface area (Å²) in [6, 6.07) is 13.1. The second kappa shape index (κ2) is 4.78. The maximum absolute atomic E-state index is 9.35. The number of benzene rings is 2. The van der Waals surface area contributed by atoms with Gasteiger partial charge in [0.05, 0.1) is 0 Å². The number of nitrogens with one attached hydrogen (secondary N) is 1. The molecule has 0 aliphatic heterocycles. The molecule has 3 heteroatoms. The lowest BCUT2D eigenvalue weighted by Gasteiger charge is -2.08. The number of hydrogen-bond donors (Lipinski definition) is 3. The number of phenolic OH excluding ortho intramolecular Hbond substituents is 1. The quantitative estimate of drug-likeness (QED) is 0.708. The largest absolute Gasteiger partial charge is 0.508 e. The molecule has 0 saturated heterocycles. The molecule has 17 heavy (non-hydrogen) atoms. The highest BCUT2D eigenvalue weighted by molar-refractivity contribution is 5.56. The van der Waals surface area contributed by atoms with Gasteiger partial charge in [0.1, 0.15) is 5.75 Å². The van der Waals surface area contributed by atoms with Crippen LogP contribution in [0.15, 0.2) is 42.5 Å². The minimum absolute atomic E-state index is 0.290. The molecule has 2 rings (SSSR count). The molecule has 0 aliphatic rings. The number of aromatic hydroxyl groups is 1. The number of nitrogen functional groups attached to an aromatic ring is 1. The first-order valence-electron chi connectivity index (χ1n) is 5.53. The number of hydrogen-bond acceptors (Lipinski definition) is 3. The molecule has 2 aromatic rings. The van der Waals surface area contributed by atoms with Crippen LogP contribution in [0.4, 0.5) is 11.4 Å². The summed E-state index contributed by atoms with van der Waals surface area (Å²) in [6.45, 7) is 2.66. The molecule has 0 fully saturated rings. The van der Waals surface area contributed by atoms with E-state index in [1.54, 1.807) is 12.1 Å². The van der Waals surface area contributed by atoms with E-state index in [1.165, 1.54) is 0 Å². The third-order valence-corrected chi connectivity index (χ3v) is 2.68. The smallest absolute Gasteiger partial charge is 0.115 e. The van der Waals surface area contributed by atoms with Gasteiger partial charge in [0.2, 0.25) is 0 Å². The lowest BCUT2D eigenvalue weighted by Crippen LogP contribution is -2.00. The Hall–Kier alpha value is -2.16. The number of rotatable bonds is 3. The van der Waals surface area contributed by atoms with Crippen molar-refractivity contribution in [1.29, 1.82) is 0 Å². The molecule has 0 radical (unpaired) electrons. The number of aryl methyl sites for hydroxylation is 1. The van der Waals surface area contributed by atoms with E-state index in [0.717, 1.165) is 22.5 Å². The van der Waals surface area contributed by atoms with E-state index in [9.17, 15) is 5.11 Å². The molecule has 88 valence electrons. The summed E-state index contributed by atoms with van der Waals surface area (Å²) in [5.74, 6) is 0.290. The summed E-state index contributed by atoms with van der Waals surface area (Å²) in [5.41, 5.74) is 9.68. The van der Waals surface area contributed by atoms with Crippen molar-refractivity contribution in [2.24, 2.45) is 0 Å². The van der Waals surface area contributed by atoms with Gasteiger partial charge in [-0.25, -0.2) is 0 Å². The Morgan fingerprint density at radius 3 is 2.71 bits per heavy atom. The molecule has 0 amide bonds.